The van der Waals surface area contributed by atoms with Crippen molar-refractivity contribution < 1.29 is 13.2 Å². The summed E-state index contributed by atoms with van der Waals surface area (Å²) in [5.74, 6) is 0.760. The van der Waals surface area contributed by atoms with Crippen LogP contribution in [0.5, 0.6) is 0 Å². The SMILES string of the molecule is Cc1ccc(-n2c(SC(C)C(=O)N(C)C3CCS(=O)(=O)C3)nnc2-c2ccccc2)cc1C. The number of nitrogens with zero attached hydrogens (tertiary/aromatic N) is 4. The summed E-state index contributed by atoms with van der Waals surface area (Å²) < 4.78 is 25.7. The molecule has 0 aliphatic carbocycles. The second-order valence-corrected chi connectivity index (χ2v) is 12.1. The molecular weight excluding hydrogens is 456 g/mol. The molecule has 0 N–H and O–H groups in total. The van der Waals surface area contributed by atoms with Crippen LogP contribution >= 0.6 is 11.8 Å². The molecule has 2 unspecified atom stereocenters. The molecule has 2 aromatic carbocycles. The Bertz CT molecular complexity index is 1270. The van der Waals surface area contributed by atoms with Crippen molar-refractivity contribution in [2.24, 2.45) is 0 Å². The summed E-state index contributed by atoms with van der Waals surface area (Å²) in [5, 5.41) is 9.06. The van der Waals surface area contributed by atoms with Crippen LogP contribution in [0.15, 0.2) is 53.7 Å². The Morgan fingerprint density at radius 1 is 1.12 bits per heavy atom. The van der Waals surface area contributed by atoms with E-state index in [0.717, 1.165) is 16.8 Å². The second kappa shape index (κ2) is 9.30. The quantitative estimate of drug-likeness (QED) is 0.496. The van der Waals surface area contributed by atoms with Gasteiger partial charge in [-0.05, 0) is 50.5 Å². The van der Waals surface area contributed by atoms with Crippen molar-refractivity contribution in [2.75, 3.05) is 18.6 Å². The minimum atomic E-state index is -3.06. The van der Waals surface area contributed by atoms with E-state index in [1.807, 2.05) is 47.9 Å². The van der Waals surface area contributed by atoms with Crippen LogP contribution < -0.4 is 0 Å². The maximum absolute atomic E-state index is 13.1. The Labute approximate surface area is 199 Å². The summed E-state index contributed by atoms with van der Waals surface area (Å²) in [6.45, 7) is 5.96. The fourth-order valence-electron chi connectivity index (χ4n) is 3.97. The van der Waals surface area contributed by atoms with Crippen LogP contribution in [0.2, 0.25) is 0 Å². The third-order valence-corrected chi connectivity index (χ3v) is 8.93. The van der Waals surface area contributed by atoms with Crippen molar-refractivity contribution >= 4 is 27.5 Å². The van der Waals surface area contributed by atoms with Crippen LogP contribution in [0.4, 0.5) is 0 Å². The topological polar surface area (TPSA) is 85.2 Å². The third kappa shape index (κ3) is 4.99. The molecule has 174 valence electrons. The van der Waals surface area contributed by atoms with E-state index in [9.17, 15) is 13.2 Å². The van der Waals surface area contributed by atoms with Crippen LogP contribution in [-0.4, -0.2) is 63.8 Å². The monoisotopic (exact) mass is 484 g/mol. The molecule has 1 saturated heterocycles. The number of thioether (sulfide) groups is 1. The molecule has 0 radical (unpaired) electrons. The van der Waals surface area contributed by atoms with E-state index in [1.54, 1.807) is 11.9 Å². The number of carbonyl (C=O) groups is 1. The molecule has 1 amide bonds. The fraction of sp³-hybridized carbons (Fsp3) is 0.375. The molecule has 1 aliphatic rings. The summed E-state index contributed by atoms with van der Waals surface area (Å²) in [7, 11) is -1.37. The Hall–Kier alpha value is -2.65. The van der Waals surface area contributed by atoms with Gasteiger partial charge in [-0.2, -0.15) is 0 Å². The smallest absolute Gasteiger partial charge is 0.235 e. The van der Waals surface area contributed by atoms with Gasteiger partial charge in [0.25, 0.3) is 0 Å². The lowest BCUT2D eigenvalue weighted by atomic mass is 10.1. The predicted octanol–water partition coefficient (Wildman–Crippen LogP) is 3.68. The number of aryl methyl sites for hydroxylation is 2. The van der Waals surface area contributed by atoms with E-state index in [1.165, 1.54) is 17.3 Å². The van der Waals surface area contributed by atoms with Gasteiger partial charge in [0.05, 0.1) is 22.4 Å². The largest absolute Gasteiger partial charge is 0.341 e. The van der Waals surface area contributed by atoms with Crippen LogP contribution in [0.1, 0.15) is 24.5 Å². The molecule has 7 nitrogen and oxygen atoms in total. The summed E-state index contributed by atoms with van der Waals surface area (Å²) in [4.78, 5) is 14.7. The van der Waals surface area contributed by atoms with Gasteiger partial charge in [0.1, 0.15) is 0 Å². The van der Waals surface area contributed by atoms with Crippen molar-refractivity contribution in [3.05, 3.63) is 59.7 Å². The average molecular weight is 485 g/mol. The van der Waals surface area contributed by atoms with Crippen molar-refractivity contribution in [1.29, 1.82) is 0 Å². The van der Waals surface area contributed by atoms with Crippen molar-refractivity contribution in [2.45, 2.75) is 43.6 Å². The van der Waals surface area contributed by atoms with Gasteiger partial charge in [-0.25, -0.2) is 8.42 Å². The van der Waals surface area contributed by atoms with E-state index < -0.39 is 15.1 Å². The van der Waals surface area contributed by atoms with Gasteiger partial charge in [-0.1, -0.05) is 48.2 Å². The third-order valence-electron chi connectivity index (χ3n) is 6.15. The highest BCUT2D eigenvalue weighted by Crippen LogP contribution is 2.32. The van der Waals surface area contributed by atoms with Crippen LogP contribution in [0.25, 0.3) is 17.1 Å². The highest BCUT2D eigenvalue weighted by Gasteiger charge is 2.34. The lowest BCUT2D eigenvalue weighted by molar-refractivity contribution is -0.130. The van der Waals surface area contributed by atoms with Gasteiger partial charge in [-0.15, -0.1) is 10.2 Å². The molecule has 1 fully saturated rings. The molecule has 0 saturated carbocycles. The Kier molecular flexibility index (Phi) is 6.63. The zero-order valence-corrected chi connectivity index (χ0v) is 20.9. The number of aromatic nitrogens is 3. The first-order chi connectivity index (χ1) is 15.7. The zero-order chi connectivity index (χ0) is 23.8. The van der Waals surface area contributed by atoms with E-state index in [0.29, 0.717) is 17.4 Å². The molecule has 1 aromatic heterocycles. The lowest BCUT2D eigenvalue weighted by Crippen LogP contribution is -2.41. The van der Waals surface area contributed by atoms with Gasteiger partial charge >= 0.3 is 0 Å². The van der Waals surface area contributed by atoms with E-state index in [2.05, 4.69) is 36.2 Å². The van der Waals surface area contributed by atoms with Gasteiger partial charge in [0, 0.05) is 18.7 Å². The molecule has 33 heavy (non-hydrogen) atoms. The molecule has 3 aromatic rings. The van der Waals surface area contributed by atoms with Crippen LogP contribution in [0, 0.1) is 13.8 Å². The second-order valence-electron chi connectivity index (χ2n) is 8.54. The molecule has 2 atom stereocenters. The molecule has 1 aliphatic heterocycles. The molecule has 2 heterocycles. The Balaban J connectivity index is 1.65. The molecule has 4 rings (SSSR count). The normalized spacial score (nSPS) is 18.2. The zero-order valence-electron chi connectivity index (χ0n) is 19.2. The summed E-state index contributed by atoms with van der Waals surface area (Å²) in [6, 6.07) is 15.8. The molecular formula is C24H28N4O3S2. The molecule has 0 bridgehead atoms. The number of amides is 1. The number of sulfone groups is 1. The maximum atomic E-state index is 13.1. The first-order valence-electron chi connectivity index (χ1n) is 10.9. The standard InChI is InChI=1S/C24H28N4O3S2/c1-16-10-11-20(14-17(16)2)28-22(19-8-6-5-7-9-19)25-26-24(28)32-18(3)23(29)27(4)21-12-13-33(30,31)15-21/h5-11,14,18,21H,12-13,15H2,1-4H3. The van der Waals surface area contributed by atoms with Gasteiger partial charge in [0.15, 0.2) is 20.8 Å². The van der Waals surface area contributed by atoms with E-state index in [4.69, 9.17) is 0 Å². The lowest BCUT2D eigenvalue weighted by Gasteiger charge is -2.26. The minimum Gasteiger partial charge on any atom is -0.341 e. The average Bonchev–Trinajstić information content (AvgIpc) is 3.38. The van der Waals surface area contributed by atoms with E-state index in [-0.39, 0.29) is 23.5 Å². The van der Waals surface area contributed by atoms with Gasteiger partial charge in [0.2, 0.25) is 5.91 Å². The molecule has 0 spiro atoms. The first kappa shape index (κ1) is 23.5. The van der Waals surface area contributed by atoms with Crippen LogP contribution in [-0.2, 0) is 14.6 Å². The van der Waals surface area contributed by atoms with E-state index >= 15 is 0 Å². The number of rotatable bonds is 6. The number of hydrogen-bond acceptors (Lipinski definition) is 6. The fourth-order valence-corrected chi connectivity index (χ4v) is 6.72. The van der Waals surface area contributed by atoms with Crippen molar-refractivity contribution in [3.63, 3.8) is 0 Å². The minimum absolute atomic E-state index is 0.0314. The highest BCUT2D eigenvalue weighted by molar-refractivity contribution is 8.00. The Morgan fingerprint density at radius 2 is 1.85 bits per heavy atom. The molecule has 9 heteroatoms. The van der Waals surface area contributed by atoms with Crippen LogP contribution in [0.3, 0.4) is 0 Å². The number of hydrogen-bond donors (Lipinski definition) is 0. The number of carbonyl (C=O) groups excluding carboxylic acids is 1. The summed E-state index contributed by atoms with van der Waals surface area (Å²) in [5.41, 5.74) is 4.21. The van der Waals surface area contributed by atoms with Gasteiger partial charge < -0.3 is 4.90 Å². The summed E-state index contributed by atoms with van der Waals surface area (Å²) in [6.07, 6.45) is 0.485. The highest BCUT2D eigenvalue weighted by atomic mass is 32.2. The number of benzene rings is 2. The van der Waals surface area contributed by atoms with Crippen molar-refractivity contribution in [3.8, 4) is 17.1 Å². The predicted molar refractivity (Wildman–Crippen MR) is 131 cm³/mol. The van der Waals surface area contributed by atoms with Crippen molar-refractivity contribution in [1.82, 2.24) is 19.7 Å². The maximum Gasteiger partial charge on any atom is 0.235 e. The summed E-state index contributed by atoms with van der Waals surface area (Å²) >= 11 is 1.33. The van der Waals surface area contributed by atoms with Gasteiger partial charge in [-0.3, -0.25) is 9.36 Å². The Morgan fingerprint density at radius 3 is 2.48 bits per heavy atom. The first-order valence-corrected chi connectivity index (χ1v) is 13.6.